The second-order valence-corrected chi connectivity index (χ2v) is 12.2. The van der Waals surface area contributed by atoms with Crippen molar-refractivity contribution in [2.45, 2.75) is 88.3 Å². The van der Waals surface area contributed by atoms with Gasteiger partial charge in [0.15, 0.2) is 5.78 Å². The van der Waals surface area contributed by atoms with Crippen molar-refractivity contribution >= 4 is 28.5 Å². The van der Waals surface area contributed by atoms with Gasteiger partial charge >= 0.3 is 0 Å². The molecule has 1 saturated heterocycles. The molecule has 0 atom stereocenters. The Morgan fingerprint density at radius 2 is 1.67 bits per heavy atom. The van der Waals surface area contributed by atoms with Crippen molar-refractivity contribution in [1.29, 1.82) is 0 Å². The quantitative estimate of drug-likeness (QED) is 0.463. The van der Waals surface area contributed by atoms with Crippen molar-refractivity contribution in [2.24, 2.45) is 0 Å². The molecule has 0 unspecified atom stereocenters. The van der Waals surface area contributed by atoms with Gasteiger partial charge in [-0.15, -0.1) is 0 Å². The van der Waals surface area contributed by atoms with E-state index in [-0.39, 0.29) is 17.1 Å². The van der Waals surface area contributed by atoms with Gasteiger partial charge in [-0.3, -0.25) is 9.69 Å². The van der Waals surface area contributed by atoms with Crippen LogP contribution < -0.4 is 10.2 Å². The molecule has 3 fully saturated rings. The molecule has 1 N–H and O–H groups in total. The number of nitrogens with one attached hydrogen (secondary N) is 1. The Morgan fingerprint density at radius 3 is 2.41 bits per heavy atom. The van der Waals surface area contributed by atoms with Gasteiger partial charge in [-0.1, -0.05) is 19.3 Å². The monoisotopic (exact) mass is 530 g/mol. The molecule has 2 aromatic heterocycles. The fourth-order valence-electron chi connectivity index (χ4n) is 7.78. The van der Waals surface area contributed by atoms with Crippen molar-refractivity contribution in [3.05, 3.63) is 48.0 Å². The number of ketones is 1. The van der Waals surface area contributed by atoms with Gasteiger partial charge in [0, 0.05) is 67.5 Å². The largest absolute Gasteiger partial charge is 0.369 e. The zero-order chi connectivity index (χ0) is 26.4. The average Bonchev–Trinajstić information content (AvgIpc) is 3.37. The second-order valence-electron chi connectivity index (χ2n) is 12.2. The molecular weight excluding hydrogens is 491 g/mol. The van der Waals surface area contributed by atoms with Crippen molar-refractivity contribution in [3.63, 3.8) is 0 Å². The lowest BCUT2D eigenvalue weighted by molar-refractivity contribution is 0.0852. The van der Waals surface area contributed by atoms with Crippen LogP contribution in [0.1, 0.15) is 81.1 Å². The molecule has 7 nitrogen and oxygen atoms in total. The van der Waals surface area contributed by atoms with E-state index in [1.807, 2.05) is 24.4 Å². The van der Waals surface area contributed by atoms with E-state index in [0.717, 1.165) is 80.7 Å². The van der Waals surface area contributed by atoms with Crippen molar-refractivity contribution in [3.8, 4) is 0 Å². The number of benzene rings is 1. The molecule has 2 saturated carbocycles. The summed E-state index contributed by atoms with van der Waals surface area (Å²) in [6, 6.07) is 9.90. The lowest BCUT2D eigenvalue weighted by atomic mass is 9.75. The van der Waals surface area contributed by atoms with E-state index in [1.54, 1.807) is 12.1 Å². The molecule has 4 heterocycles. The predicted molar refractivity (Wildman–Crippen MR) is 152 cm³/mol. The van der Waals surface area contributed by atoms with E-state index in [2.05, 4.69) is 24.7 Å². The number of anilines is 2. The van der Waals surface area contributed by atoms with Crippen LogP contribution in [0.4, 0.5) is 16.0 Å². The lowest BCUT2D eigenvalue weighted by Crippen LogP contribution is -2.51. The predicted octanol–water partition coefficient (Wildman–Crippen LogP) is 5.75. The smallest absolute Gasteiger partial charge is 0.224 e. The molecule has 1 spiro atoms. The minimum Gasteiger partial charge on any atom is -0.369 e. The number of nitrogens with zero attached hydrogens (tertiary/aromatic N) is 5. The fourth-order valence-corrected chi connectivity index (χ4v) is 7.78. The number of hydrogen-bond donors (Lipinski definition) is 1. The molecular formula is C31H39FN6O. The maximum absolute atomic E-state index is 13.3. The second kappa shape index (κ2) is 10.2. The van der Waals surface area contributed by atoms with Gasteiger partial charge in [-0.25, -0.2) is 9.37 Å². The summed E-state index contributed by atoms with van der Waals surface area (Å²) in [6.45, 7) is 4.09. The van der Waals surface area contributed by atoms with E-state index >= 15 is 0 Å². The molecule has 2 aliphatic carbocycles. The summed E-state index contributed by atoms with van der Waals surface area (Å²) in [7, 11) is 0. The van der Waals surface area contributed by atoms with Gasteiger partial charge in [-0.05, 0) is 75.3 Å². The molecule has 206 valence electrons. The Labute approximate surface area is 229 Å². The van der Waals surface area contributed by atoms with Crippen LogP contribution in [0, 0.1) is 5.82 Å². The SMILES string of the molecule is O=C1CCC2(CCCCC2)n2c1cc1cnc(NC3CCC(N4CCN(c5ccc(F)cc5)CC4)CC3)nc12. The van der Waals surface area contributed by atoms with Crippen LogP contribution in [0.5, 0.6) is 0 Å². The average molecular weight is 531 g/mol. The Morgan fingerprint density at radius 1 is 0.923 bits per heavy atom. The highest BCUT2D eigenvalue weighted by molar-refractivity contribution is 6.00. The molecule has 0 bridgehead atoms. The number of rotatable bonds is 4. The Bertz CT molecular complexity index is 1330. The highest BCUT2D eigenvalue weighted by atomic mass is 19.1. The summed E-state index contributed by atoms with van der Waals surface area (Å²) in [5.74, 6) is 0.767. The summed E-state index contributed by atoms with van der Waals surface area (Å²) < 4.78 is 15.6. The number of aromatic nitrogens is 3. The molecule has 4 aliphatic rings. The van der Waals surface area contributed by atoms with Gasteiger partial charge in [0.05, 0.1) is 5.69 Å². The number of piperazine rings is 1. The van der Waals surface area contributed by atoms with Crippen LogP contribution in [0.2, 0.25) is 0 Å². The minimum atomic E-state index is -0.177. The maximum Gasteiger partial charge on any atom is 0.224 e. The van der Waals surface area contributed by atoms with E-state index in [0.29, 0.717) is 24.5 Å². The Kier molecular flexibility index (Phi) is 6.53. The van der Waals surface area contributed by atoms with Gasteiger partial charge in [-0.2, -0.15) is 4.98 Å². The van der Waals surface area contributed by atoms with E-state index in [4.69, 9.17) is 4.98 Å². The van der Waals surface area contributed by atoms with Crippen LogP contribution in [0.3, 0.4) is 0 Å². The lowest BCUT2D eigenvalue weighted by Gasteiger charge is -2.43. The fraction of sp³-hybridized carbons (Fsp3) is 0.581. The molecule has 0 radical (unpaired) electrons. The number of hydrogen-bond acceptors (Lipinski definition) is 6. The van der Waals surface area contributed by atoms with Crippen LogP contribution in [-0.4, -0.2) is 63.5 Å². The first-order valence-electron chi connectivity index (χ1n) is 15.0. The van der Waals surface area contributed by atoms with Crippen molar-refractivity contribution in [2.75, 3.05) is 36.4 Å². The third-order valence-electron chi connectivity index (χ3n) is 9.95. The van der Waals surface area contributed by atoms with Crippen LogP contribution in [0.15, 0.2) is 36.5 Å². The highest BCUT2D eigenvalue weighted by Gasteiger charge is 2.41. The van der Waals surface area contributed by atoms with Crippen molar-refractivity contribution < 1.29 is 9.18 Å². The van der Waals surface area contributed by atoms with Crippen LogP contribution in [-0.2, 0) is 5.54 Å². The van der Waals surface area contributed by atoms with Crippen molar-refractivity contribution in [1.82, 2.24) is 19.4 Å². The maximum atomic E-state index is 13.3. The van der Waals surface area contributed by atoms with Gasteiger partial charge in [0.2, 0.25) is 5.95 Å². The molecule has 39 heavy (non-hydrogen) atoms. The first-order valence-corrected chi connectivity index (χ1v) is 15.0. The van der Waals surface area contributed by atoms with Gasteiger partial charge in [0.1, 0.15) is 11.5 Å². The molecule has 0 amide bonds. The van der Waals surface area contributed by atoms with E-state index in [9.17, 15) is 9.18 Å². The van der Waals surface area contributed by atoms with Crippen LogP contribution in [0.25, 0.3) is 11.0 Å². The first kappa shape index (κ1) is 25.0. The molecule has 7 rings (SSSR count). The third-order valence-corrected chi connectivity index (χ3v) is 9.95. The number of Topliss-reactive ketones (excluding diaryl/α,β-unsaturated/α-hetero) is 1. The van der Waals surface area contributed by atoms with Gasteiger partial charge < -0.3 is 14.8 Å². The summed E-state index contributed by atoms with van der Waals surface area (Å²) in [4.78, 5) is 27.5. The first-order chi connectivity index (χ1) is 19.1. The van der Waals surface area contributed by atoms with Crippen LogP contribution >= 0.6 is 0 Å². The zero-order valence-corrected chi connectivity index (χ0v) is 22.7. The van der Waals surface area contributed by atoms with E-state index in [1.165, 1.54) is 32.1 Å². The third kappa shape index (κ3) is 4.71. The molecule has 1 aromatic carbocycles. The number of carbonyl (C=O) groups is 1. The standard InChI is InChI=1S/C31H39FN6O/c32-23-4-8-25(9-5-23)36-16-18-37(19-17-36)26-10-6-24(7-11-26)34-30-33-21-22-20-27-28(39)12-15-31(13-2-1-3-14-31)38(27)29(22)35-30/h4-5,8-9,20-21,24,26H,1-3,6-7,10-19H2,(H,33,34,35). The number of halogens is 1. The van der Waals surface area contributed by atoms with Gasteiger partial charge in [0.25, 0.3) is 0 Å². The number of fused-ring (bicyclic) bond motifs is 4. The summed E-state index contributed by atoms with van der Waals surface area (Å²) in [6.07, 6.45) is 14.1. The Hall–Kier alpha value is -3.00. The minimum absolute atomic E-state index is 0.0493. The Balaban J connectivity index is 0.992. The van der Waals surface area contributed by atoms with E-state index < -0.39 is 0 Å². The summed E-state index contributed by atoms with van der Waals surface area (Å²) in [5, 5.41) is 4.64. The zero-order valence-electron chi connectivity index (χ0n) is 22.7. The normalized spacial score (nSPS) is 25.7. The molecule has 2 aliphatic heterocycles. The molecule has 3 aromatic rings. The topological polar surface area (TPSA) is 66.3 Å². The summed E-state index contributed by atoms with van der Waals surface area (Å²) in [5.41, 5.74) is 2.94. The molecule has 8 heteroatoms. The number of carbonyl (C=O) groups excluding carboxylic acids is 1. The highest BCUT2D eigenvalue weighted by Crippen LogP contribution is 2.45. The summed E-state index contributed by atoms with van der Waals surface area (Å²) >= 11 is 0.